The minimum atomic E-state index is -3.85. The van der Waals surface area contributed by atoms with Crippen molar-refractivity contribution in [3.63, 3.8) is 0 Å². The smallest absolute Gasteiger partial charge is 0.244 e. The number of aliphatic hydroxyl groups is 1. The second-order valence-corrected chi connectivity index (χ2v) is 11.9. The number of nitrogens with one attached hydrogen (secondary N) is 1. The van der Waals surface area contributed by atoms with Gasteiger partial charge in [0, 0.05) is 52.2 Å². The van der Waals surface area contributed by atoms with Crippen molar-refractivity contribution in [2.24, 2.45) is 0 Å². The highest BCUT2D eigenvalue weighted by Gasteiger charge is 2.40. The van der Waals surface area contributed by atoms with Crippen molar-refractivity contribution in [3.05, 3.63) is 23.8 Å². The maximum absolute atomic E-state index is 13.1. The predicted octanol–water partition coefficient (Wildman–Crippen LogP) is 0.837. The van der Waals surface area contributed by atoms with Gasteiger partial charge in [0.1, 0.15) is 16.7 Å². The van der Waals surface area contributed by atoms with Gasteiger partial charge in [0.05, 0.1) is 12.1 Å². The van der Waals surface area contributed by atoms with E-state index in [9.17, 15) is 18.3 Å². The lowest BCUT2D eigenvalue weighted by Gasteiger charge is -2.32. The topological polar surface area (TPSA) is 102 Å². The molecule has 0 unspecified atom stereocenters. The standard InChI is InChI=1S/C24H38N4O5S/c1-16(2)28-14-21-23(15-28)33-22-11-19(18-7-9-27(10-8-18)17(3)29)5-6-24(22)34(31,32)25-12-20(30)13-26(21)4/h5-6,11,16,18,20-21,23,25,30H,7-10,12-15H2,1-4H3/t20-,21+,23-/m0/s1. The van der Waals surface area contributed by atoms with E-state index in [-0.39, 0.29) is 35.4 Å². The van der Waals surface area contributed by atoms with Crippen LogP contribution in [0, 0.1) is 0 Å². The minimum absolute atomic E-state index is 0.0353. The molecule has 3 heterocycles. The molecule has 2 saturated heterocycles. The molecule has 3 aliphatic rings. The average Bonchev–Trinajstić information content (AvgIpc) is 3.21. The molecule has 2 N–H and O–H groups in total. The van der Waals surface area contributed by atoms with Crippen LogP contribution in [0.5, 0.6) is 5.75 Å². The van der Waals surface area contributed by atoms with E-state index in [2.05, 4.69) is 28.4 Å². The van der Waals surface area contributed by atoms with Crippen LogP contribution in [0.2, 0.25) is 0 Å². The summed E-state index contributed by atoms with van der Waals surface area (Å²) in [7, 11) is -1.90. The first kappa shape index (κ1) is 25.4. The Balaban J connectivity index is 1.68. The van der Waals surface area contributed by atoms with Crippen LogP contribution >= 0.6 is 0 Å². The van der Waals surface area contributed by atoms with Gasteiger partial charge in [0.15, 0.2) is 0 Å². The number of carbonyl (C=O) groups excluding carboxylic acids is 1. The largest absolute Gasteiger partial charge is 0.486 e. The van der Waals surface area contributed by atoms with Crippen molar-refractivity contribution >= 4 is 15.9 Å². The molecule has 2 fully saturated rings. The summed E-state index contributed by atoms with van der Waals surface area (Å²) in [5, 5.41) is 10.5. The number of nitrogens with zero attached hydrogens (tertiary/aromatic N) is 3. The zero-order chi connectivity index (χ0) is 24.6. The van der Waals surface area contributed by atoms with Crippen LogP contribution in [0.1, 0.15) is 45.1 Å². The fraction of sp³-hybridized carbons (Fsp3) is 0.708. The number of β-amino-alcohol motifs (C(OH)–C–C–N with tert-alkyl or cyclic N) is 1. The third kappa shape index (κ3) is 5.41. The summed E-state index contributed by atoms with van der Waals surface area (Å²) in [6.07, 6.45) is 0.638. The molecule has 34 heavy (non-hydrogen) atoms. The van der Waals surface area contributed by atoms with Gasteiger partial charge in [-0.2, -0.15) is 0 Å². The molecular formula is C24H38N4O5S. The van der Waals surface area contributed by atoms with Gasteiger partial charge in [0.2, 0.25) is 15.9 Å². The fourth-order valence-electron chi connectivity index (χ4n) is 5.35. The summed E-state index contributed by atoms with van der Waals surface area (Å²) in [5.41, 5.74) is 1.04. The average molecular weight is 495 g/mol. The van der Waals surface area contributed by atoms with Crippen molar-refractivity contribution in [2.45, 2.75) is 68.7 Å². The normalized spacial score (nSPS) is 29.2. The number of ether oxygens (including phenoxy) is 1. The highest BCUT2D eigenvalue weighted by Crippen LogP contribution is 2.35. The van der Waals surface area contributed by atoms with Crippen LogP contribution in [0.4, 0.5) is 0 Å². The molecule has 10 heteroatoms. The van der Waals surface area contributed by atoms with Gasteiger partial charge < -0.3 is 14.7 Å². The zero-order valence-corrected chi connectivity index (χ0v) is 21.4. The Labute approximate surface area is 203 Å². The van der Waals surface area contributed by atoms with E-state index in [1.165, 1.54) is 0 Å². The number of sulfonamides is 1. The number of fused-ring (bicyclic) bond motifs is 2. The molecule has 0 bridgehead atoms. The van der Waals surface area contributed by atoms with Crippen LogP contribution in [0.3, 0.4) is 0 Å². The number of likely N-dealkylation sites (tertiary alicyclic amines) is 2. The third-order valence-electron chi connectivity index (χ3n) is 7.52. The number of piperidine rings is 1. The molecule has 1 aromatic rings. The fourth-order valence-corrected chi connectivity index (χ4v) is 6.53. The Hall–Kier alpha value is -1.72. The van der Waals surface area contributed by atoms with E-state index >= 15 is 0 Å². The maximum atomic E-state index is 13.1. The second-order valence-electron chi connectivity index (χ2n) is 10.2. The maximum Gasteiger partial charge on any atom is 0.244 e. The van der Waals surface area contributed by atoms with Gasteiger partial charge in [-0.1, -0.05) is 6.07 Å². The lowest BCUT2D eigenvalue weighted by atomic mass is 9.89. The molecule has 0 saturated carbocycles. The van der Waals surface area contributed by atoms with E-state index in [4.69, 9.17) is 4.74 Å². The van der Waals surface area contributed by atoms with Crippen molar-refractivity contribution in [2.75, 3.05) is 46.3 Å². The third-order valence-corrected chi connectivity index (χ3v) is 8.98. The van der Waals surface area contributed by atoms with Gasteiger partial charge in [-0.15, -0.1) is 0 Å². The molecule has 0 spiro atoms. The number of hydrogen-bond acceptors (Lipinski definition) is 7. The Kier molecular flexibility index (Phi) is 7.54. The van der Waals surface area contributed by atoms with Crippen molar-refractivity contribution < 1.29 is 23.1 Å². The van der Waals surface area contributed by atoms with E-state index in [1.54, 1.807) is 13.0 Å². The summed E-state index contributed by atoms with van der Waals surface area (Å²) in [5.74, 6) is 0.701. The van der Waals surface area contributed by atoms with Gasteiger partial charge in [0.25, 0.3) is 0 Å². The molecule has 190 valence electrons. The SMILES string of the molecule is CC(=O)N1CCC(c2ccc3c(c2)O[C@H]2CN(C(C)C)C[C@H]2N(C)C[C@@H](O)CNS3(=O)=O)CC1. The predicted molar refractivity (Wildman–Crippen MR) is 129 cm³/mol. The number of carbonyl (C=O) groups is 1. The molecule has 1 aromatic carbocycles. The van der Waals surface area contributed by atoms with E-state index in [0.29, 0.717) is 38.0 Å². The summed E-state index contributed by atoms with van der Waals surface area (Å²) in [6, 6.07) is 5.75. The van der Waals surface area contributed by atoms with E-state index in [0.717, 1.165) is 24.9 Å². The summed E-state index contributed by atoms with van der Waals surface area (Å²) in [4.78, 5) is 18.1. The van der Waals surface area contributed by atoms with Crippen molar-refractivity contribution in [3.8, 4) is 5.75 Å². The van der Waals surface area contributed by atoms with Gasteiger partial charge in [-0.05, 0) is 57.4 Å². The Morgan fingerprint density at radius 2 is 1.88 bits per heavy atom. The molecule has 9 nitrogen and oxygen atoms in total. The Morgan fingerprint density at radius 3 is 2.53 bits per heavy atom. The number of benzene rings is 1. The van der Waals surface area contributed by atoms with Crippen LogP contribution in [-0.4, -0.2) is 105 Å². The van der Waals surface area contributed by atoms with E-state index in [1.807, 2.05) is 24.1 Å². The second kappa shape index (κ2) is 10.1. The van der Waals surface area contributed by atoms with Crippen LogP contribution in [-0.2, 0) is 14.8 Å². The molecule has 0 radical (unpaired) electrons. The number of aliphatic hydroxyl groups excluding tert-OH is 1. The van der Waals surface area contributed by atoms with Crippen LogP contribution in [0.25, 0.3) is 0 Å². The first-order valence-corrected chi connectivity index (χ1v) is 13.7. The molecule has 3 atom stereocenters. The molecule has 4 rings (SSSR count). The van der Waals surface area contributed by atoms with Crippen LogP contribution in [0.15, 0.2) is 23.1 Å². The quantitative estimate of drug-likeness (QED) is 0.628. The highest BCUT2D eigenvalue weighted by atomic mass is 32.2. The number of amides is 1. The van der Waals surface area contributed by atoms with E-state index < -0.39 is 16.1 Å². The number of hydrogen-bond donors (Lipinski definition) is 2. The molecule has 1 amide bonds. The molecule has 0 aromatic heterocycles. The first-order chi connectivity index (χ1) is 16.0. The molecule has 0 aliphatic carbocycles. The lowest BCUT2D eigenvalue weighted by molar-refractivity contribution is -0.129. The minimum Gasteiger partial charge on any atom is -0.486 e. The summed E-state index contributed by atoms with van der Waals surface area (Å²) >= 11 is 0. The van der Waals surface area contributed by atoms with Gasteiger partial charge in [-0.25, -0.2) is 13.1 Å². The van der Waals surface area contributed by atoms with Crippen LogP contribution < -0.4 is 9.46 Å². The number of likely N-dealkylation sites (N-methyl/N-ethyl adjacent to an activating group) is 1. The highest BCUT2D eigenvalue weighted by molar-refractivity contribution is 7.89. The molecule has 3 aliphatic heterocycles. The Bertz CT molecular complexity index is 993. The van der Waals surface area contributed by atoms with Crippen molar-refractivity contribution in [1.82, 2.24) is 19.4 Å². The van der Waals surface area contributed by atoms with Gasteiger partial charge >= 0.3 is 0 Å². The summed E-state index contributed by atoms with van der Waals surface area (Å²) < 4.78 is 35.4. The lowest BCUT2D eigenvalue weighted by Crippen LogP contribution is -2.47. The monoisotopic (exact) mass is 494 g/mol. The zero-order valence-electron chi connectivity index (χ0n) is 20.6. The number of rotatable bonds is 2. The first-order valence-electron chi connectivity index (χ1n) is 12.2. The van der Waals surface area contributed by atoms with Gasteiger partial charge in [-0.3, -0.25) is 14.6 Å². The Morgan fingerprint density at radius 1 is 1.18 bits per heavy atom. The van der Waals surface area contributed by atoms with Crippen molar-refractivity contribution in [1.29, 1.82) is 0 Å². The molecular weight excluding hydrogens is 456 g/mol. The summed E-state index contributed by atoms with van der Waals surface area (Å²) in [6.45, 7) is 9.08.